The molecule has 1 unspecified atom stereocenters. The molecular formula is C14H26N2O2. The molecule has 0 radical (unpaired) electrons. The highest BCUT2D eigenvalue weighted by atomic mass is 16.4. The third kappa shape index (κ3) is 2.69. The molecule has 0 aliphatic carbocycles. The Hall–Kier alpha value is -0.610. The molecule has 0 aromatic heterocycles. The van der Waals surface area contributed by atoms with E-state index in [4.69, 9.17) is 0 Å². The fourth-order valence-electron chi connectivity index (χ4n) is 3.64. The molecule has 2 aliphatic heterocycles. The first-order chi connectivity index (χ1) is 8.43. The molecule has 2 rings (SSSR count). The van der Waals surface area contributed by atoms with Crippen molar-refractivity contribution in [3.05, 3.63) is 0 Å². The number of nitrogens with zero attached hydrogens (tertiary/aromatic N) is 2. The predicted octanol–water partition coefficient (Wildman–Crippen LogP) is 1.37. The highest BCUT2D eigenvalue weighted by molar-refractivity contribution is 5.72. The second-order valence-electron chi connectivity index (χ2n) is 6.64. The standard InChI is InChI=1S/C14H26N2O2/c1-11(2)8-16-9-12(13(17)18)14(10-16)4-6-15(3)7-5-14/h11-12H,4-10H2,1-3H3,(H,17,18). The lowest BCUT2D eigenvalue weighted by Crippen LogP contribution is -2.44. The summed E-state index contributed by atoms with van der Waals surface area (Å²) < 4.78 is 0. The van der Waals surface area contributed by atoms with Gasteiger partial charge in [0, 0.05) is 25.0 Å². The van der Waals surface area contributed by atoms with Crippen molar-refractivity contribution in [3.63, 3.8) is 0 Å². The van der Waals surface area contributed by atoms with Gasteiger partial charge in [0.1, 0.15) is 0 Å². The van der Waals surface area contributed by atoms with Crippen molar-refractivity contribution in [1.82, 2.24) is 9.80 Å². The van der Waals surface area contributed by atoms with Crippen LogP contribution in [-0.4, -0.2) is 60.6 Å². The van der Waals surface area contributed by atoms with E-state index in [2.05, 4.69) is 30.7 Å². The fourth-order valence-corrected chi connectivity index (χ4v) is 3.64. The van der Waals surface area contributed by atoms with Gasteiger partial charge in [0.2, 0.25) is 0 Å². The third-order valence-electron chi connectivity index (χ3n) is 4.62. The first kappa shape index (κ1) is 13.8. The molecule has 18 heavy (non-hydrogen) atoms. The highest BCUT2D eigenvalue weighted by Crippen LogP contribution is 2.44. The van der Waals surface area contributed by atoms with Crippen LogP contribution in [0.25, 0.3) is 0 Å². The van der Waals surface area contributed by atoms with Gasteiger partial charge < -0.3 is 14.9 Å². The minimum absolute atomic E-state index is 0.0350. The average Bonchev–Trinajstić information content (AvgIpc) is 2.61. The van der Waals surface area contributed by atoms with Gasteiger partial charge in [-0.25, -0.2) is 0 Å². The van der Waals surface area contributed by atoms with Crippen molar-refractivity contribution >= 4 is 5.97 Å². The van der Waals surface area contributed by atoms with E-state index in [9.17, 15) is 9.90 Å². The molecule has 0 amide bonds. The maximum absolute atomic E-state index is 11.5. The van der Waals surface area contributed by atoms with Crippen molar-refractivity contribution < 1.29 is 9.90 Å². The van der Waals surface area contributed by atoms with Gasteiger partial charge in [0.05, 0.1) is 5.92 Å². The van der Waals surface area contributed by atoms with Crippen LogP contribution in [0.3, 0.4) is 0 Å². The first-order valence-electron chi connectivity index (χ1n) is 7.07. The van der Waals surface area contributed by atoms with E-state index in [1.807, 2.05) is 0 Å². The number of rotatable bonds is 3. The van der Waals surface area contributed by atoms with E-state index >= 15 is 0 Å². The SMILES string of the molecule is CC(C)CN1CC(C(=O)O)C2(CCN(C)CC2)C1. The molecule has 0 aromatic carbocycles. The zero-order chi connectivity index (χ0) is 13.3. The molecule has 4 nitrogen and oxygen atoms in total. The number of hydrogen-bond acceptors (Lipinski definition) is 3. The summed E-state index contributed by atoms with van der Waals surface area (Å²) in [5, 5.41) is 9.51. The van der Waals surface area contributed by atoms with Crippen LogP contribution in [0.1, 0.15) is 26.7 Å². The zero-order valence-corrected chi connectivity index (χ0v) is 11.9. The van der Waals surface area contributed by atoms with Crippen molar-refractivity contribution in [2.75, 3.05) is 39.8 Å². The minimum atomic E-state index is -0.592. The van der Waals surface area contributed by atoms with Gasteiger partial charge in [0.25, 0.3) is 0 Å². The maximum Gasteiger partial charge on any atom is 0.308 e. The smallest absolute Gasteiger partial charge is 0.308 e. The molecule has 1 N–H and O–H groups in total. The predicted molar refractivity (Wildman–Crippen MR) is 71.6 cm³/mol. The normalized spacial score (nSPS) is 29.2. The summed E-state index contributed by atoms with van der Waals surface area (Å²) in [4.78, 5) is 16.2. The summed E-state index contributed by atoms with van der Waals surface area (Å²) in [7, 11) is 2.13. The van der Waals surface area contributed by atoms with E-state index < -0.39 is 5.97 Å². The average molecular weight is 254 g/mol. The molecule has 2 heterocycles. The molecule has 2 aliphatic rings. The van der Waals surface area contributed by atoms with Crippen LogP contribution in [0.4, 0.5) is 0 Å². The summed E-state index contributed by atoms with van der Waals surface area (Å²) in [6, 6.07) is 0. The second kappa shape index (κ2) is 5.17. The molecule has 4 heteroatoms. The van der Waals surface area contributed by atoms with Crippen LogP contribution in [0, 0.1) is 17.3 Å². The first-order valence-corrected chi connectivity index (χ1v) is 7.07. The Kier molecular flexibility index (Phi) is 3.97. The number of hydrogen-bond donors (Lipinski definition) is 1. The zero-order valence-electron chi connectivity index (χ0n) is 11.9. The lowest BCUT2D eigenvalue weighted by atomic mass is 9.71. The monoisotopic (exact) mass is 254 g/mol. The van der Waals surface area contributed by atoms with Crippen LogP contribution in [0.2, 0.25) is 0 Å². The molecule has 0 aromatic rings. The number of carboxylic acids is 1. The van der Waals surface area contributed by atoms with Gasteiger partial charge in [-0.1, -0.05) is 13.8 Å². The number of aliphatic carboxylic acids is 1. The Morgan fingerprint density at radius 3 is 2.50 bits per heavy atom. The largest absolute Gasteiger partial charge is 0.481 e. The quantitative estimate of drug-likeness (QED) is 0.826. The van der Waals surface area contributed by atoms with E-state index in [0.29, 0.717) is 5.92 Å². The van der Waals surface area contributed by atoms with Crippen LogP contribution in [0.15, 0.2) is 0 Å². The third-order valence-corrected chi connectivity index (χ3v) is 4.62. The molecule has 1 spiro atoms. The van der Waals surface area contributed by atoms with Crippen LogP contribution in [0.5, 0.6) is 0 Å². The van der Waals surface area contributed by atoms with Crippen LogP contribution < -0.4 is 0 Å². The Morgan fingerprint density at radius 1 is 1.39 bits per heavy atom. The lowest BCUT2D eigenvalue weighted by molar-refractivity contribution is -0.145. The molecule has 104 valence electrons. The van der Waals surface area contributed by atoms with Gasteiger partial charge in [-0.15, -0.1) is 0 Å². The van der Waals surface area contributed by atoms with Gasteiger partial charge in [-0.05, 0) is 38.9 Å². The topological polar surface area (TPSA) is 43.8 Å². The Balaban J connectivity index is 2.09. The van der Waals surface area contributed by atoms with Crippen molar-refractivity contribution in [1.29, 1.82) is 0 Å². The van der Waals surface area contributed by atoms with Gasteiger partial charge in [-0.2, -0.15) is 0 Å². The number of carboxylic acid groups (broad SMARTS) is 1. The summed E-state index contributed by atoms with van der Waals surface area (Å²) in [6.45, 7) is 9.25. The molecular weight excluding hydrogens is 228 g/mol. The van der Waals surface area contributed by atoms with E-state index in [1.54, 1.807) is 0 Å². The van der Waals surface area contributed by atoms with Crippen molar-refractivity contribution in [3.8, 4) is 0 Å². The Bertz CT molecular complexity index is 309. The summed E-state index contributed by atoms with van der Waals surface area (Å²) >= 11 is 0. The molecule has 0 bridgehead atoms. The van der Waals surface area contributed by atoms with E-state index in [0.717, 1.165) is 45.6 Å². The maximum atomic E-state index is 11.5. The second-order valence-corrected chi connectivity index (χ2v) is 6.64. The van der Waals surface area contributed by atoms with Crippen molar-refractivity contribution in [2.24, 2.45) is 17.3 Å². The Morgan fingerprint density at radius 2 is 2.00 bits per heavy atom. The van der Waals surface area contributed by atoms with Gasteiger partial charge >= 0.3 is 5.97 Å². The number of piperidine rings is 1. The van der Waals surface area contributed by atoms with Crippen LogP contribution in [-0.2, 0) is 4.79 Å². The van der Waals surface area contributed by atoms with E-state index in [-0.39, 0.29) is 11.3 Å². The van der Waals surface area contributed by atoms with Crippen LogP contribution >= 0.6 is 0 Å². The molecule has 2 saturated heterocycles. The summed E-state index contributed by atoms with van der Waals surface area (Å²) in [6.07, 6.45) is 2.07. The highest BCUT2D eigenvalue weighted by Gasteiger charge is 2.50. The summed E-state index contributed by atoms with van der Waals surface area (Å²) in [5.41, 5.74) is 0.0350. The van der Waals surface area contributed by atoms with Gasteiger partial charge in [0.15, 0.2) is 0 Å². The van der Waals surface area contributed by atoms with Crippen molar-refractivity contribution in [2.45, 2.75) is 26.7 Å². The summed E-state index contributed by atoms with van der Waals surface area (Å²) in [5.74, 6) is -0.142. The number of carbonyl (C=O) groups is 1. The fraction of sp³-hybridized carbons (Fsp3) is 0.929. The van der Waals surface area contributed by atoms with Gasteiger partial charge in [-0.3, -0.25) is 4.79 Å². The molecule has 1 atom stereocenters. The number of likely N-dealkylation sites (tertiary alicyclic amines) is 2. The molecule has 2 fully saturated rings. The van der Waals surface area contributed by atoms with E-state index in [1.165, 1.54) is 0 Å². The minimum Gasteiger partial charge on any atom is -0.481 e. The lowest BCUT2D eigenvalue weighted by Gasteiger charge is -2.40. The Labute approximate surface area is 110 Å². The molecule has 0 saturated carbocycles.